The molecule has 0 atom stereocenters. The first-order valence-electron chi connectivity index (χ1n) is 6.43. The van der Waals surface area contributed by atoms with Gasteiger partial charge in [-0.3, -0.25) is 9.48 Å². The first-order valence-corrected chi connectivity index (χ1v) is 6.43. The SMILES string of the molecule is CCn1nc(C)cc1C(=O)Nc1ccc2c(c1)OCO2. The monoisotopic (exact) mass is 273 g/mol. The third kappa shape index (κ3) is 2.20. The van der Waals surface area contributed by atoms with Crippen molar-refractivity contribution in [1.82, 2.24) is 9.78 Å². The van der Waals surface area contributed by atoms with Gasteiger partial charge < -0.3 is 14.8 Å². The molecule has 2 heterocycles. The lowest BCUT2D eigenvalue weighted by atomic mass is 10.2. The number of hydrogen-bond acceptors (Lipinski definition) is 4. The fraction of sp³-hybridized carbons (Fsp3) is 0.286. The van der Waals surface area contributed by atoms with Crippen LogP contribution in [0.1, 0.15) is 23.1 Å². The highest BCUT2D eigenvalue weighted by atomic mass is 16.7. The molecule has 0 saturated heterocycles. The number of hydrogen-bond donors (Lipinski definition) is 1. The van der Waals surface area contributed by atoms with Crippen molar-refractivity contribution in [2.45, 2.75) is 20.4 Å². The van der Waals surface area contributed by atoms with Gasteiger partial charge in [0.15, 0.2) is 11.5 Å². The molecular formula is C14H15N3O3. The highest BCUT2D eigenvalue weighted by Gasteiger charge is 2.16. The van der Waals surface area contributed by atoms with Crippen molar-refractivity contribution >= 4 is 11.6 Å². The highest BCUT2D eigenvalue weighted by Crippen LogP contribution is 2.34. The molecule has 0 bridgehead atoms. The summed E-state index contributed by atoms with van der Waals surface area (Å²) in [7, 11) is 0. The number of nitrogens with zero attached hydrogens (tertiary/aromatic N) is 2. The average molecular weight is 273 g/mol. The fourth-order valence-corrected chi connectivity index (χ4v) is 2.14. The zero-order valence-electron chi connectivity index (χ0n) is 11.3. The number of fused-ring (bicyclic) bond motifs is 1. The second-order valence-corrected chi connectivity index (χ2v) is 4.51. The predicted octanol–water partition coefficient (Wildman–Crippen LogP) is 2.19. The van der Waals surface area contributed by atoms with E-state index in [2.05, 4.69) is 10.4 Å². The minimum atomic E-state index is -0.189. The molecule has 0 radical (unpaired) electrons. The number of aromatic nitrogens is 2. The Labute approximate surface area is 116 Å². The Balaban J connectivity index is 1.82. The van der Waals surface area contributed by atoms with Crippen LogP contribution in [-0.4, -0.2) is 22.5 Å². The summed E-state index contributed by atoms with van der Waals surface area (Å²) >= 11 is 0. The van der Waals surface area contributed by atoms with Crippen molar-refractivity contribution < 1.29 is 14.3 Å². The van der Waals surface area contributed by atoms with Gasteiger partial charge in [-0.05, 0) is 32.0 Å². The van der Waals surface area contributed by atoms with Gasteiger partial charge in [0.25, 0.3) is 5.91 Å². The molecular weight excluding hydrogens is 258 g/mol. The molecule has 0 unspecified atom stereocenters. The van der Waals surface area contributed by atoms with Crippen molar-refractivity contribution in [2.24, 2.45) is 0 Å². The van der Waals surface area contributed by atoms with Crippen LogP contribution in [0.3, 0.4) is 0 Å². The molecule has 2 aromatic rings. The topological polar surface area (TPSA) is 65.4 Å². The van der Waals surface area contributed by atoms with Gasteiger partial charge in [-0.2, -0.15) is 5.10 Å². The zero-order valence-corrected chi connectivity index (χ0v) is 11.3. The number of anilines is 1. The Kier molecular flexibility index (Phi) is 3.06. The Bertz CT molecular complexity index is 664. The lowest BCUT2D eigenvalue weighted by Crippen LogP contribution is -2.17. The van der Waals surface area contributed by atoms with Crippen LogP contribution in [0.4, 0.5) is 5.69 Å². The summed E-state index contributed by atoms with van der Waals surface area (Å²) in [6.45, 7) is 4.68. The van der Waals surface area contributed by atoms with Gasteiger partial charge in [-0.1, -0.05) is 0 Å². The number of rotatable bonds is 3. The van der Waals surface area contributed by atoms with Crippen molar-refractivity contribution in [1.29, 1.82) is 0 Å². The van der Waals surface area contributed by atoms with Crippen molar-refractivity contribution in [3.63, 3.8) is 0 Å². The second kappa shape index (κ2) is 4.88. The van der Waals surface area contributed by atoms with E-state index in [-0.39, 0.29) is 12.7 Å². The molecule has 0 fully saturated rings. The van der Waals surface area contributed by atoms with Crippen LogP contribution in [0.25, 0.3) is 0 Å². The molecule has 1 aromatic heterocycles. The van der Waals surface area contributed by atoms with E-state index in [0.29, 0.717) is 29.4 Å². The molecule has 6 nitrogen and oxygen atoms in total. The number of carbonyl (C=O) groups excluding carboxylic acids is 1. The van der Waals surface area contributed by atoms with Crippen molar-refractivity contribution in [3.8, 4) is 11.5 Å². The van der Waals surface area contributed by atoms with E-state index < -0.39 is 0 Å². The maximum Gasteiger partial charge on any atom is 0.273 e. The predicted molar refractivity (Wildman–Crippen MR) is 73.2 cm³/mol. The van der Waals surface area contributed by atoms with E-state index in [9.17, 15) is 4.79 Å². The first kappa shape index (κ1) is 12.5. The van der Waals surface area contributed by atoms with E-state index in [4.69, 9.17) is 9.47 Å². The van der Waals surface area contributed by atoms with Gasteiger partial charge in [0, 0.05) is 18.3 Å². The van der Waals surface area contributed by atoms with Gasteiger partial charge >= 0.3 is 0 Å². The summed E-state index contributed by atoms with van der Waals surface area (Å²) in [6, 6.07) is 7.08. The third-order valence-corrected chi connectivity index (χ3v) is 3.06. The van der Waals surface area contributed by atoms with Gasteiger partial charge in [0.05, 0.1) is 5.69 Å². The van der Waals surface area contributed by atoms with Gasteiger partial charge in [0.2, 0.25) is 6.79 Å². The van der Waals surface area contributed by atoms with Crippen molar-refractivity contribution in [2.75, 3.05) is 12.1 Å². The standard InChI is InChI=1S/C14H15N3O3/c1-3-17-11(6-9(2)16-17)14(18)15-10-4-5-12-13(7-10)20-8-19-12/h4-7H,3,8H2,1-2H3,(H,15,18). The normalized spacial score (nSPS) is 12.5. The van der Waals surface area contributed by atoms with E-state index in [1.807, 2.05) is 13.8 Å². The molecule has 0 spiro atoms. The molecule has 20 heavy (non-hydrogen) atoms. The average Bonchev–Trinajstić information content (AvgIpc) is 3.03. The van der Waals surface area contributed by atoms with Crippen LogP contribution >= 0.6 is 0 Å². The second-order valence-electron chi connectivity index (χ2n) is 4.51. The smallest absolute Gasteiger partial charge is 0.273 e. The maximum atomic E-state index is 12.3. The molecule has 6 heteroatoms. The Morgan fingerprint density at radius 3 is 2.95 bits per heavy atom. The van der Waals surface area contributed by atoms with Gasteiger partial charge in [-0.15, -0.1) is 0 Å². The third-order valence-electron chi connectivity index (χ3n) is 3.06. The van der Waals surface area contributed by atoms with Crippen LogP contribution in [0.2, 0.25) is 0 Å². The summed E-state index contributed by atoms with van der Waals surface area (Å²) in [4.78, 5) is 12.3. The molecule has 0 saturated carbocycles. The molecule has 0 aliphatic carbocycles. The van der Waals surface area contributed by atoms with E-state index in [1.165, 1.54) is 0 Å². The van der Waals surface area contributed by atoms with Crippen molar-refractivity contribution in [3.05, 3.63) is 35.7 Å². The van der Waals surface area contributed by atoms with E-state index in [0.717, 1.165) is 5.69 Å². The maximum absolute atomic E-state index is 12.3. The lowest BCUT2D eigenvalue weighted by Gasteiger charge is -2.07. The first-order chi connectivity index (χ1) is 9.67. The van der Waals surface area contributed by atoms with E-state index in [1.54, 1.807) is 28.9 Å². The molecule has 1 amide bonds. The Morgan fingerprint density at radius 1 is 1.35 bits per heavy atom. The van der Waals surface area contributed by atoms with Crippen LogP contribution in [0.15, 0.2) is 24.3 Å². The van der Waals surface area contributed by atoms with Gasteiger partial charge in [-0.25, -0.2) is 0 Å². The van der Waals surface area contributed by atoms with E-state index >= 15 is 0 Å². The largest absolute Gasteiger partial charge is 0.454 e. The highest BCUT2D eigenvalue weighted by molar-refractivity contribution is 6.03. The molecule has 1 aliphatic rings. The van der Waals surface area contributed by atoms with Crippen LogP contribution in [0.5, 0.6) is 11.5 Å². The number of nitrogens with one attached hydrogen (secondary N) is 1. The Hall–Kier alpha value is -2.50. The summed E-state index contributed by atoms with van der Waals surface area (Å²) in [5, 5.41) is 7.10. The molecule has 1 N–H and O–H groups in total. The Morgan fingerprint density at radius 2 is 2.15 bits per heavy atom. The van der Waals surface area contributed by atoms with Crippen LogP contribution < -0.4 is 14.8 Å². The quantitative estimate of drug-likeness (QED) is 0.931. The number of aryl methyl sites for hydroxylation is 2. The summed E-state index contributed by atoms with van der Waals surface area (Å²) in [5.74, 6) is 1.15. The van der Waals surface area contributed by atoms with Crippen LogP contribution in [0, 0.1) is 6.92 Å². The summed E-state index contributed by atoms with van der Waals surface area (Å²) < 4.78 is 12.2. The fourth-order valence-electron chi connectivity index (χ4n) is 2.14. The molecule has 1 aliphatic heterocycles. The minimum Gasteiger partial charge on any atom is -0.454 e. The number of amides is 1. The summed E-state index contributed by atoms with van der Waals surface area (Å²) in [5.41, 5.74) is 2.03. The number of benzene rings is 1. The molecule has 3 rings (SSSR count). The zero-order chi connectivity index (χ0) is 14.1. The summed E-state index contributed by atoms with van der Waals surface area (Å²) in [6.07, 6.45) is 0. The molecule has 104 valence electrons. The lowest BCUT2D eigenvalue weighted by molar-refractivity contribution is 0.101. The minimum absolute atomic E-state index is 0.189. The molecule has 1 aromatic carbocycles. The number of ether oxygens (including phenoxy) is 2. The number of carbonyl (C=O) groups is 1. The van der Waals surface area contributed by atoms with Crippen LogP contribution in [-0.2, 0) is 6.54 Å². The van der Waals surface area contributed by atoms with Gasteiger partial charge in [0.1, 0.15) is 5.69 Å².